The van der Waals surface area contributed by atoms with Gasteiger partial charge in [0.2, 0.25) is 0 Å². The molecule has 0 radical (unpaired) electrons. The third-order valence-electron chi connectivity index (χ3n) is 5.84. The zero-order chi connectivity index (χ0) is 25.6. The summed E-state index contributed by atoms with van der Waals surface area (Å²) >= 11 is 12.3. The first-order chi connectivity index (χ1) is 17.3. The highest BCUT2D eigenvalue weighted by Crippen LogP contribution is 2.36. The first-order valence-corrected chi connectivity index (χ1v) is 11.6. The van der Waals surface area contributed by atoms with Crippen molar-refractivity contribution in [3.8, 4) is 16.9 Å². The van der Waals surface area contributed by atoms with Gasteiger partial charge in [-0.15, -0.1) is 0 Å². The van der Waals surface area contributed by atoms with Gasteiger partial charge in [0.1, 0.15) is 5.69 Å². The van der Waals surface area contributed by atoms with Crippen LogP contribution in [-0.4, -0.2) is 14.5 Å². The number of nitrogens with one attached hydrogen (secondary N) is 1. The Balaban J connectivity index is 1.86. The zero-order valence-electron chi connectivity index (χ0n) is 19.0. The second kappa shape index (κ2) is 9.16. The Morgan fingerprint density at radius 3 is 2.50 bits per heavy atom. The molecule has 0 aliphatic heterocycles. The van der Waals surface area contributed by atoms with Crippen LogP contribution in [0.4, 0.5) is 17.1 Å². The molecule has 0 bridgehead atoms. The summed E-state index contributed by atoms with van der Waals surface area (Å²) in [4.78, 5) is 34.6. The van der Waals surface area contributed by atoms with Crippen molar-refractivity contribution in [2.75, 3.05) is 10.7 Å². The molecule has 0 amide bonds. The molecule has 0 fully saturated rings. The number of hydrogen-bond acceptors (Lipinski definition) is 6. The lowest BCUT2D eigenvalue weighted by atomic mass is 10.1. The van der Waals surface area contributed by atoms with Gasteiger partial charge in [-0.25, -0.2) is 15.2 Å². The molecule has 5 rings (SSSR count). The summed E-state index contributed by atoms with van der Waals surface area (Å²) in [5, 5.41) is 3.00. The van der Waals surface area contributed by atoms with E-state index in [1.165, 1.54) is 18.3 Å². The van der Waals surface area contributed by atoms with Gasteiger partial charge in [-0.05, 0) is 25.1 Å². The Morgan fingerprint density at radius 2 is 1.72 bits per heavy atom. The standard InChI is InChI=1S/C26H20Cl2N6O2/c1-14-5-4-7-15(9-14)23-24(34(30)21-11-19(28)18(27)10-20(21)29)25(35)33(26(36)32-23)22-13-31-12-16-6-2-3-8-17(16)22/h2-13H,29-30H2,1H3,(H,32,36). The highest BCUT2D eigenvalue weighted by molar-refractivity contribution is 6.42. The second-order valence-electron chi connectivity index (χ2n) is 8.24. The van der Waals surface area contributed by atoms with Crippen LogP contribution in [0.3, 0.4) is 0 Å². The molecule has 5 aromatic rings. The van der Waals surface area contributed by atoms with Crippen LogP contribution < -0.4 is 27.8 Å². The monoisotopic (exact) mass is 518 g/mol. The van der Waals surface area contributed by atoms with Gasteiger partial charge in [0, 0.05) is 22.5 Å². The molecule has 3 aromatic carbocycles. The van der Waals surface area contributed by atoms with Gasteiger partial charge >= 0.3 is 5.69 Å². The van der Waals surface area contributed by atoms with E-state index in [9.17, 15) is 9.59 Å². The van der Waals surface area contributed by atoms with E-state index in [1.807, 2.05) is 49.4 Å². The summed E-state index contributed by atoms with van der Waals surface area (Å²) in [5.41, 5.74) is 7.37. The van der Waals surface area contributed by atoms with E-state index in [4.69, 9.17) is 34.8 Å². The van der Waals surface area contributed by atoms with Crippen molar-refractivity contribution in [3.63, 3.8) is 0 Å². The molecule has 36 heavy (non-hydrogen) atoms. The number of nitrogen functional groups attached to an aromatic ring is 1. The van der Waals surface area contributed by atoms with Gasteiger partial charge < -0.3 is 10.7 Å². The topological polar surface area (TPSA) is 123 Å². The van der Waals surface area contributed by atoms with Crippen LogP contribution in [0.1, 0.15) is 5.56 Å². The van der Waals surface area contributed by atoms with E-state index in [1.54, 1.807) is 12.3 Å². The molecular formula is C26H20Cl2N6O2. The van der Waals surface area contributed by atoms with Crippen molar-refractivity contribution in [2.45, 2.75) is 6.92 Å². The van der Waals surface area contributed by atoms with Crippen molar-refractivity contribution in [2.24, 2.45) is 5.84 Å². The number of aryl methyl sites for hydroxylation is 1. The highest BCUT2D eigenvalue weighted by atomic mass is 35.5. The quantitative estimate of drug-likeness (QED) is 0.175. The SMILES string of the molecule is Cc1cccc(-c2[nH]c(=O)n(-c3cncc4ccccc34)c(=O)c2N(N)c2cc(Cl)c(Cl)cc2N)c1. The molecule has 0 atom stereocenters. The number of pyridine rings is 1. The molecule has 8 nitrogen and oxygen atoms in total. The van der Waals surface area contributed by atoms with Gasteiger partial charge in [-0.2, -0.15) is 0 Å². The maximum absolute atomic E-state index is 14.1. The summed E-state index contributed by atoms with van der Waals surface area (Å²) < 4.78 is 1.01. The molecule has 0 saturated heterocycles. The smallest absolute Gasteiger partial charge is 0.333 e. The van der Waals surface area contributed by atoms with Crippen molar-refractivity contribution >= 4 is 51.0 Å². The zero-order valence-corrected chi connectivity index (χ0v) is 20.5. The number of fused-ring (bicyclic) bond motifs is 1. The third kappa shape index (κ3) is 4.01. The van der Waals surface area contributed by atoms with Gasteiger partial charge in [-0.1, -0.05) is 71.2 Å². The highest BCUT2D eigenvalue weighted by Gasteiger charge is 2.24. The number of benzene rings is 3. The predicted molar refractivity (Wildman–Crippen MR) is 145 cm³/mol. The average molecular weight is 519 g/mol. The molecule has 2 aromatic heterocycles. The van der Waals surface area contributed by atoms with E-state index in [-0.39, 0.29) is 32.8 Å². The molecule has 5 N–H and O–H groups in total. The van der Waals surface area contributed by atoms with E-state index in [2.05, 4.69) is 9.97 Å². The summed E-state index contributed by atoms with van der Waals surface area (Å²) in [6, 6.07) is 17.6. The average Bonchev–Trinajstić information content (AvgIpc) is 2.85. The van der Waals surface area contributed by atoms with Crippen LogP contribution in [-0.2, 0) is 0 Å². The lowest BCUT2D eigenvalue weighted by Crippen LogP contribution is -2.41. The number of hydrazine groups is 1. The van der Waals surface area contributed by atoms with Crippen LogP contribution in [0, 0.1) is 6.92 Å². The van der Waals surface area contributed by atoms with Crippen LogP contribution in [0.2, 0.25) is 10.0 Å². The van der Waals surface area contributed by atoms with E-state index < -0.39 is 11.2 Å². The van der Waals surface area contributed by atoms with Crippen molar-refractivity contribution in [3.05, 3.63) is 110 Å². The molecule has 0 spiro atoms. The van der Waals surface area contributed by atoms with E-state index in [0.29, 0.717) is 16.6 Å². The number of nitrogens with two attached hydrogens (primary N) is 2. The predicted octanol–water partition coefficient (Wildman–Crippen LogP) is 4.95. The first-order valence-electron chi connectivity index (χ1n) is 10.8. The van der Waals surface area contributed by atoms with E-state index in [0.717, 1.165) is 20.5 Å². The fraction of sp³-hybridized carbons (Fsp3) is 0.0385. The summed E-state index contributed by atoms with van der Waals surface area (Å²) in [6.07, 6.45) is 3.12. The first kappa shape index (κ1) is 23.6. The van der Waals surface area contributed by atoms with Gasteiger partial charge in [0.25, 0.3) is 5.56 Å². The Hall–Kier alpha value is -4.11. The Labute approximate surface area is 215 Å². The van der Waals surface area contributed by atoms with Gasteiger partial charge in [-0.3, -0.25) is 14.8 Å². The minimum Gasteiger partial charge on any atom is -0.397 e. The normalized spacial score (nSPS) is 11.1. The second-order valence-corrected chi connectivity index (χ2v) is 9.05. The molecule has 180 valence electrons. The van der Waals surface area contributed by atoms with Crippen molar-refractivity contribution in [1.29, 1.82) is 0 Å². The Kier molecular flexibility index (Phi) is 6.01. The van der Waals surface area contributed by atoms with Gasteiger partial charge in [0.05, 0.1) is 39.0 Å². The number of aromatic amines is 1. The number of nitrogens with zero attached hydrogens (tertiary/aromatic N) is 3. The number of halogens is 2. The summed E-state index contributed by atoms with van der Waals surface area (Å²) in [6.45, 7) is 1.90. The minimum absolute atomic E-state index is 0.0155. The molecule has 0 unspecified atom stereocenters. The molecule has 2 heterocycles. The fourth-order valence-electron chi connectivity index (χ4n) is 4.14. The fourth-order valence-corrected chi connectivity index (χ4v) is 4.47. The lowest BCUT2D eigenvalue weighted by Gasteiger charge is -2.24. The van der Waals surface area contributed by atoms with E-state index >= 15 is 0 Å². The number of H-pyrrole nitrogens is 1. The minimum atomic E-state index is -0.665. The molecule has 0 saturated carbocycles. The number of rotatable bonds is 4. The van der Waals surface area contributed by atoms with Crippen molar-refractivity contribution < 1.29 is 0 Å². The van der Waals surface area contributed by atoms with Crippen LogP contribution in [0.15, 0.2) is 82.6 Å². The van der Waals surface area contributed by atoms with Gasteiger partial charge in [0.15, 0.2) is 0 Å². The maximum atomic E-state index is 14.1. The van der Waals surface area contributed by atoms with Crippen LogP contribution in [0.5, 0.6) is 0 Å². The third-order valence-corrected chi connectivity index (χ3v) is 6.56. The molecular weight excluding hydrogens is 499 g/mol. The Bertz CT molecular complexity index is 1760. The Morgan fingerprint density at radius 1 is 0.972 bits per heavy atom. The molecule has 10 heteroatoms. The number of aromatic nitrogens is 3. The molecule has 0 aliphatic carbocycles. The largest absolute Gasteiger partial charge is 0.397 e. The lowest BCUT2D eigenvalue weighted by molar-refractivity contribution is 0.866. The van der Waals surface area contributed by atoms with Crippen LogP contribution in [0.25, 0.3) is 27.7 Å². The molecule has 0 aliphatic rings. The number of anilines is 3. The maximum Gasteiger partial charge on any atom is 0.333 e. The van der Waals surface area contributed by atoms with Crippen molar-refractivity contribution in [1.82, 2.24) is 14.5 Å². The van der Waals surface area contributed by atoms with Crippen LogP contribution >= 0.6 is 23.2 Å². The summed E-state index contributed by atoms with van der Waals surface area (Å²) in [7, 11) is 0. The summed E-state index contributed by atoms with van der Waals surface area (Å²) in [5.74, 6) is 6.52. The number of hydrogen-bond donors (Lipinski definition) is 3.